The maximum Gasteiger partial charge on any atom is 0.211 e. The van der Waals surface area contributed by atoms with Crippen molar-refractivity contribution in [2.45, 2.75) is 5.92 Å². The Kier molecular flexibility index (Phi) is 5.99. The van der Waals surface area contributed by atoms with Gasteiger partial charge in [0, 0.05) is 31.8 Å². The van der Waals surface area contributed by atoms with E-state index in [1.807, 2.05) is 48.5 Å². The van der Waals surface area contributed by atoms with E-state index in [0.29, 0.717) is 24.5 Å². The minimum Gasteiger partial charge on any atom is -0.378 e. The van der Waals surface area contributed by atoms with Crippen LogP contribution in [0.15, 0.2) is 54.1 Å². The number of carbonyl (C=O) groups excluding carboxylic acids is 1. The summed E-state index contributed by atoms with van der Waals surface area (Å²) in [5, 5.41) is 0. The van der Waals surface area contributed by atoms with Gasteiger partial charge in [-0.05, 0) is 23.8 Å². The van der Waals surface area contributed by atoms with Crippen molar-refractivity contribution in [3.05, 3.63) is 65.4 Å². The first-order valence-corrected chi connectivity index (χ1v) is 11.8. The molecule has 1 aromatic heterocycles. The Morgan fingerprint density at radius 3 is 2.50 bits per heavy atom. The van der Waals surface area contributed by atoms with Crippen molar-refractivity contribution < 1.29 is 17.9 Å². The van der Waals surface area contributed by atoms with Crippen LogP contribution in [0.4, 0.5) is 5.82 Å². The summed E-state index contributed by atoms with van der Waals surface area (Å²) in [6.45, 7) is 3.07. The molecule has 4 rings (SSSR count). The predicted molar refractivity (Wildman–Crippen MR) is 116 cm³/mol. The van der Waals surface area contributed by atoms with E-state index >= 15 is 0 Å². The van der Waals surface area contributed by atoms with Crippen LogP contribution in [-0.2, 0) is 19.6 Å². The molecule has 0 N–H and O–H groups in total. The highest BCUT2D eigenvalue weighted by Crippen LogP contribution is 2.29. The van der Waals surface area contributed by atoms with Crippen molar-refractivity contribution in [3.8, 4) is 0 Å². The summed E-state index contributed by atoms with van der Waals surface area (Å²) >= 11 is 0. The average molecular weight is 428 g/mol. The molecule has 1 atom stereocenters. The summed E-state index contributed by atoms with van der Waals surface area (Å²) in [6, 6.07) is 15.0. The summed E-state index contributed by atoms with van der Waals surface area (Å²) in [7, 11) is -3.44. The lowest BCUT2D eigenvalue weighted by Crippen LogP contribution is -2.44. The van der Waals surface area contributed by atoms with Gasteiger partial charge in [-0.25, -0.2) is 13.4 Å². The Labute approximate surface area is 177 Å². The fourth-order valence-corrected chi connectivity index (χ4v) is 4.61. The molecule has 0 radical (unpaired) electrons. The van der Waals surface area contributed by atoms with Crippen molar-refractivity contribution in [1.82, 2.24) is 9.29 Å². The van der Waals surface area contributed by atoms with Crippen LogP contribution in [0, 0.1) is 0 Å². The third-order valence-corrected chi connectivity index (χ3v) is 6.67. The number of ether oxygens (including phenoxy) is 1. The van der Waals surface area contributed by atoms with Crippen LogP contribution in [-0.4, -0.2) is 69.1 Å². The van der Waals surface area contributed by atoms with Crippen LogP contribution in [0.1, 0.15) is 17.2 Å². The number of rotatable bonds is 4. The second kappa shape index (κ2) is 8.67. The van der Waals surface area contributed by atoms with Gasteiger partial charge in [-0.2, -0.15) is 4.31 Å². The number of ketones is 1. The minimum atomic E-state index is -3.44. The summed E-state index contributed by atoms with van der Waals surface area (Å²) in [4.78, 5) is 20.1. The first kappa shape index (κ1) is 20.7. The SMILES string of the molecule is CS(=O)(=O)N1C/C(=C/c2cccc(N3CCOCC3)n2)C(=O)C(c2ccccc2)C1. The van der Waals surface area contributed by atoms with Gasteiger partial charge in [0.25, 0.3) is 0 Å². The number of carbonyl (C=O) groups is 1. The highest BCUT2D eigenvalue weighted by atomic mass is 32.2. The molecule has 2 aromatic rings. The molecular weight excluding hydrogens is 402 g/mol. The zero-order valence-corrected chi connectivity index (χ0v) is 17.7. The monoisotopic (exact) mass is 427 g/mol. The molecule has 0 aliphatic carbocycles. The molecule has 1 aromatic carbocycles. The molecule has 158 valence electrons. The number of hydrogen-bond donors (Lipinski definition) is 0. The molecule has 30 heavy (non-hydrogen) atoms. The quantitative estimate of drug-likeness (QED) is 0.694. The molecule has 0 bridgehead atoms. The van der Waals surface area contributed by atoms with E-state index in [2.05, 4.69) is 9.88 Å². The van der Waals surface area contributed by atoms with Gasteiger partial charge < -0.3 is 9.64 Å². The lowest BCUT2D eigenvalue weighted by molar-refractivity contribution is -0.118. The van der Waals surface area contributed by atoms with Gasteiger partial charge in [0.2, 0.25) is 10.0 Å². The lowest BCUT2D eigenvalue weighted by atomic mass is 9.87. The lowest BCUT2D eigenvalue weighted by Gasteiger charge is -2.32. The first-order chi connectivity index (χ1) is 14.4. The first-order valence-electron chi connectivity index (χ1n) is 9.96. The second-order valence-electron chi connectivity index (χ2n) is 7.57. The Morgan fingerprint density at radius 1 is 1.07 bits per heavy atom. The Bertz CT molecular complexity index is 1050. The van der Waals surface area contributed by atoms with E-state index in [9.17, 15) is 13.2 Å². The number of Topliss-reactive ketones (excluding diaryl/α,β-unsaturated/α-hetero) is 1. The number of anilines is 1. The van der Waals surface area contributed by atoms with E-state index in [1.165, 1.54) is 10.6 Å². The summed E-state index contributed by atoms with van der Waals surface area (Å²) in [6.07, 6.45) is 2.90. The molecule has 0 spiro atoms. The number of sulfonamides is 1. The van der Waals surface area contributed by atoms with Crippen molar-refractivity contribution in [1.29, 1.82) is 0 Å². The molecule has 0 saturated carbocycles. The van der Waals surface area contributed by atoms with Crippen molar-refractivity contribution >= 4 is 27.7 Å². The average Bonchev–Trinajstić information content (AvgIpc) is 2.76. The zero-order chi connectivity index (χ0) is 21.1. The molecule has 0 amide bonds. The fourth-order valence-electron chi connectivity index (χ4n) is 3.82. The van der Waals surface area contributed by atoms with Crippen molar-refractivity contribution in [3.63, 3.8) is 0 Å². The third-order valence-electron chi connectivity index (χ3n) is 5.45. The number of piperidine rings is 1. The number of morpholine rings is 1. The van der Waals surface area contributed by atoms with E-state index in [0.717, 1.165) is 24.5 Å². The van der Waals surface area contributed by atoms with Crippen LogP contribution < -0.4 is 4.90 Å². The molecule has 8 heteroatoms. The second-order valence-corrected chi connectivity index (χ2v) is 9.56. The fraction of sp³-hybridized carbons (Fsp3) is 0.364. The van der Waals surface area contributed by atoms with Crippen LogP contribution in [0.3, 0.4) is 0 Å². The summed E-state index contributed by atoms with van der Waals surface area (Å²) in [5.41, 5.74) is 1.91. The maximum absolute atomic E-state index is 13.2. The molecule has 2 aliphatic heterocycles. The molecule has 1 unspecified atom stereocenters. The van der Waals surface area contributed by atoms with Gasteiger partial charge >= 0.3 is 0 Å². The van der Waals surface area contributed by atoms with E-state index in [4.69, 9.17) is 4.74 Å². The number of benzene rings is 1. The van der Waals surface area contributed by atoms with E-state index in [1.54, 1.807) is 6.08 Å². The van der Waals surface area contributed by atoms with Crippen LogP contribution in [0.2, 0.25) is 0 Å². The molecule has 2 saturated heterocycles. The zero-order valence-electron chi connectivity index (χ0n) is 16.9. The molecular formula is C22H25N3O4S. The van der Waals surface area contributed by atoms with Gasteiger partial charge in [-0.1, -0.05) is 36.4 Å². The highest BCUT2D eigenvalue weighted by molar-refractivity contribution is 7.88. The molecule has 7 nitrogen and oxygen atoms in total. The van der Waals surface area contributed by atoms with Crippen LogP contribution in [0.25, 0.3) is 6.08 Å². The Hall–Kier alpha value is -2.55. The van der Waals surface area contributed by atoms with Gasteiger partial charge in [0.05, 0.1) is 31.1 Å². The maximum atomic E-state index is 13.2. The van der Waals surface area contributed by atoms with Gasteiger partial charge in [0.1, 0.15) is 5.82 Å². The molecule has 2 fully saturated rings. The van der Waals surface area contributed by atoms with Gasteiger partial charge in [-0.3, -0.25) is 4.79 Å². The van der Waals surface area contributed by atoms with Crippen molar-refractivity contribution in [2.75, 3.05) is 50.5 Å². The van der Waals surface area contributed by atoms with E-state index in [-0.39, 0.29) is 18.9 Å². The smallest absolute Gasteiger partial charge is 0.211 e. The summed E-state index contributed by atoms with van der Waals surface area (Å²) in [5.74, 6) is 0.249. The third kappa shape index (κ3) is 4.61. The minimum absolute atomic E-state index is 0.0559. The van der Waals surface area contributed by atoms with Gasteiger partial charge in [0.15, 0.2) is 5.78 Å². The molecule has 3 heterocycles. The topological polar surface area (TPSA) is 79.8 Å². The predicted octanol–water partition coefficient (Wildman–Crippen LogP) is 1.93. The largest absolute Gasteiger partial charge is 0.378 e. The van der Waals surface area contributed by atoms with Crippen LogP contribution in [0.5, 0.6) is 0 Å². The normalized spacial score (nSPS) is 22.4. The number of aromatic nitrogens is 1. The Balaban J connectivity index is 1.67. The number of pyridine rings is 1. The number of hydrogen-bond acceptors (Lipinski definition) is 6. The van der Waals surface area contributed by atoms with Crippen molar-refractivity contribution in [2.24, 2.45) is 0 Å². The van der Waals surface area contributed by atoms with E-state index < -0.39 is 15.9 Å². The Morgan fingerprint density at radius 2 is 1.80 bits per heavy atom. The standard InChI is InChI=1S/C22H25N3O4S/c1-30(27,28)25-15-18(22(26)20(16-25)17-6-3-2-4-7-17)14-19-8-5-9-21(23-19)24-10-12-29-13-11-24/h2-9,14,20H,10-13,15-16H2,1H3/b18-14-. The highest BCUT2D eigenvalue weighted by Gasteiger charge is 2.35. The summed E-state index contributed by atoms with van der Waals surface area (Å²) < 4.78 is 31.3. The van der Waals surface area contributed by atoms with Gasteiger partial charge in [-0.15, -0.1) is 0 Å². The molecule has 2 aliphatic rings. The number of nitrogens with zero attached hydrogens (tertiary/aromatic N) is 3. The van der Waals surface area contributed by atoms with Crippen LogP contribution >= 0.6 is 0 Å².